The van der Waals surface area contributed by atoms with E-state index in [0.29, 0.717) is 24.3 Å². The van der Waals surface area contributed by atoms with Crippen molar-refractivity contribution in [2.75, 3.05) is 23.8 Å². The lowest BCUT2D eigenvalue weighted by Crippen LogP contribution is -2.30. The van der Waals surface area contributed by atoms with Crippen LogP contribution in [-0.4, -0.2) is 36.8 Å². The summed E-state index contributed by atoms with van der Waals surface area (Å²) in [5.41, 5.74) is 3.03. The van der Waals surface area contributed by atoms with Gasteiger partial charge in [-0.15, -0.1) is 0 Å². The molecular formula is C28H29N3O5. The molecule has 8 heteroatoms. The number of ether oxygens (including phenoxy) is 1. The average Bonchev–Trinajstić information content (AvgIpc) is 2.85. The Hall–Kier alpha value is -4.46. The van der Waals surface area contributed by atoms with Crippen molar-refractivity contribution < 1.29 is 23.9 Å². The van der Waals surface area contributed by atoms with Gasteiger partial charge in [0.25, 0.3) is 5.91 Å². The lowest BCUT2D eigenvalue weighted by Gasteiger charge is -2.18. The Balaban J connectivity index is 1.57. The summed E-state index contributed by atoms with van der Waals surface area (Å²) < 4.78 is 5.16. The van der Waals surface area contributed by atoms with Crippen LogP contribution < -0.4 is 16.0 Å². The lowest BCUT2D eigenvalue weighted by atomic mass is 9.88. The highest BCUT2D eigenvalue weighted by molar-refractivity contribution is 5.98. The number of hydrogen-bond acceptors (Lipinski definition) is 5. The second kappa shape index (κ2) is 12.9. The first kappa shape index (κ1) is 26.2. The first-order valence-corrected chi connectivity index (χ1v) is 11.6. The van der Waals surface area contributed by atoms with E-state index in [1.165, 1.54) is 32.0 Å². The van der Waals surface area contributed by atoms with Crippen molar-refractivity contribution in [1.29, 1.82) is 0 Å². The highest BCUT2D eigenvalue weighted by Gasteiger charge is 2.16. The summed E-state index contributed by atoms with van der Waals surface area (Å²) in [6.45, 7) is 2.59. The molecule has 0 heterocycles. The lowest BCUT2D eigenvalue weighted by molar-refractivity contribution is -0.124. The predicted molar refractivity (Wildman–Crippen MR) is 138 cm³/mol. The molecule has 3 amide bonds. The third-order valence-electron chi connectivity index (χ3n) is 5.30. The molecule has 0 aromatic heterocycles. The molecule has 0 saturated carbocycles. The van der Waals surface area contributed by atoms with Gasteiger partial charge in [-0.05, 0) is 35.7 Å². The van der Waals surface area contributed by atoms with Crippen LogP contribution in [0.5, 0.6) is 0 Å². The molecule has 0 aliphatic rings. The number of nitrogens with one attached hydrogen (secondary N) is 3. The highest BCUT2D eigenvalue weighted by atomic mass is 16.5. The standard InChI is InChI=1S/C28H29N3O5/c1-19(32)30-24-15-23(16-25(17-24)31-20(2)33)28(35)36-18-27(34)29-14-13-26(21-9-5-3-6-10-21)22-11-7-4-8-12-22/h3-12,15-17,26H,13-14,18H2,1-2H3,(H,29,34)(H,30,32)(H,31,33). The minimum atomic E-state index is -0.754. The molecule has 0 saturated heterocycles. The Bertz CT molecular complexity index is 1140. The topological polar surface area (TPSA) is 114 Å². The van der Waals surface area contributed by atoms with Gasteiger partial charge in [0.15, 0.2) is 6.61 Å². The molecule has 3 rings (SSSR count). The van der Waals surface area contributed by atoms with Gasteiger partial charge in [-0.2, -0.15) is 0 Å². The number of hydrogen-bond donors (Lipinski definition) is 3. The SMILES string of the molecule is CC(=O)Nc1cc(NC(C)=O)cc(C(=O)OCC(=O)NCCC(c2ccccc2)c2ccccc2)c1. The van der Waals surface area contributed by atoms with Crippen molar-refractivity contribution in [3.8, 4) is 0 Å². The predicted octanol–water partition coefficient (Wildman–Crippen LogP) is 4.10. The van der Waals surface area contributed by atoms with Crippen molar-refractivity contribution in [1.82, 2.24) is 5.32 Å². The normalized spacial score (nSPS) is 10.4. The van der Waals surface area contributed by atoms with Crippen molar-refractivity contribution in [2.24, 2.45) is 0 Å². The first-order chi connectivity index (χ1) is 17.3. The molecule has 0 spiro atoms. The quantitative estimate of drug-likeness (QED) is 0.373. The fourth-order valence-corrected chi connectivity index (χ4v) is 3.81. The summed E-state index contributed by atoms with van der Waals surface area (Å²) in [6.07, 6.45) is 0.673. The first-order valence-electron chi connectivity index (χ1n) is 11.6. The third-order valence-corrected chi connectivity index (χ3v) is 5.30. The van der Waals surface area contributed by atoms with Crippen molar-refractivity contribution in [3.63, 3.8) is 0 Å². The number of carbonyl (C=O) groups excluding carboxylic acids is 4. The van der Waals surface area contributed by atoms with Gasteiger partial charge in [0.2, 0.25) is 11.8 Å². The van der Waals surface area contributed by atoms with Crippen LogP contribution in [-0.2, 0) is 19.1 Å². The van der Waals surface area contributed by atoms with Gasteiger partial charge in [0, 0.05) is 37.7 Å². The van der Waals surface area contributed by atoms with E-state index in [-0.39, 0.29) is 23.3 Å². The van der Waals surface area contributed by atoms with Crippen LogP contribution in [0.2, 0.25) is 0 Å². The highest BCUT2D eigenvalue weighted by Crippen LogP contribution is 2.27. The number of anilines is 2. The second-order valence-corrected chi connectivity index (χ2v) is 8.25. The van der Waals surface area contributed by atoms with Gasteiger partial charge in [-0.3, -0.25) is 14.4 Å². The van der Waals surface area contributed by atoms with Gasteiger partial charge in [0.1, 0.15) is 0 Å². The maximum absolute atomic E-state index is 12.5. The Labute approximate surface area is 210 Å². The van der Waals surface area contributed by atoms with Crippen molar-refractivity contribution >= 4 is 35.1 Å². The van der Waals surface area contributed by atoms with E-state index in [1.807, 2.05) is 36.4 Å². The summed E-state index contributed by atoms with van der Waals surface area (Å²) in [5, 5.41) is 7.94. The summed E-state index contributed by atoms with van der Waals surface area (Å²) in [5.74, 6) is -1.74. The fourth-order valence-electron chi connectivity index (χ4n) is 3.81. The van der Waals surface area contributed by atoms with Gasteiger partial charge in [-0.1, -0.05) is 60.7 Å². The van der Waals surface area contributed by atoms with Gasteiger partial charge in [0.05, 0.1) is 5.56 Å². The molecule has 3 aromatic rings. The smallest absolute Gasteiger partial charge is 0.338 e. The van der Waals surface area contributed by atoms with Crippen LogP contribution in [0, 0.1) is 0 Å². The molecular weight excluding hydrogens is 458 g/mol. The number of benzene rings is 3. The van der Waals surface area contributed by atoms with Crippen LogP contribution in [0.15, 0.2) is 78.9 Å². The van der Waals surface area contributed by atoms with Crippen LogP contribution in [0.4, 0.5) is 11.4 Å². The minimum absolute atomic E-state index is 0.0889. The van der Waals surface area contributed by atoms with Gasteiger partial charge in [-0.25, -0.2) is 4.79 Å². The summed E-state index contributed by atoms with van der Waals surface area (Å²) >= 11 is 0. The monoisotopic (exact) mass is 487 g/mol. The zero-order valence-electron chi connectivity index (χ0n) is 20.2. The Kier molecular flexibility index (Phi) is 9.33. The Morgan fingerprint density at radius 2 is 1.25 bits per heavy atom. The molecule has 186 valence electrons. The van der Waals surface area contributed by atoms with Crippen LogP contribution in [0.1, 0.15) is 47.7 Å². The second-order valence-electron chi connectivity index (χ2n) is 8.25. The van der Waals surface area contributed by atoms with E-state index in [4.69, 9.17) is 4.74 Å². The number of carbonyl (C=O) groups is 4. The number of rotatable bonds is 10. The van der Waals surface area contributed by atoms with Gasteiger partial charge < -0.3 is 20.7 Å². The molecule has 0 bridgehead atoms. The molecule has 8 nitrogen and oxygen atoms in total. The maximum atomic E-state index is 12.5. The largest absolute Gasteiger partial charge is 0.452 e. The minimum Gasteiger partial charge on any atom is -0.452 e. The van der Waals surface area contributed by atoms with Gasteiger partial charge >= 0.3 is 5.97 Å². The molecule has 0 aliphatic heterocycles. The molecule has 3 aromatic carbocycles. The van der Waals surface area contributed by atoms with E-state index in [1.54, 1.807) is 0 Å². The fraction of sp³-hybridized carbons (Fsp3) is 0.214. The van der Waals surface area contributed by atoms with Crippen LogP contribution >= 0.6 is 0 Å². The molecule has 0 unspecified atom stereocenters. The molecule has 0 radical (unpaired) electrons. The van der Waals surface area contributed by atoms with E-state index in [0.717, 1.165) is 11.1 Å². The van der Waals surface area contributed by atoms with E-state index in [2.05, 4.69) is 40.2 Å². The third kappa shape index (κ3) is 8.09. The van der Waals surface area contributed by atoms with Crippen LogP contribution in [0.25, 0.3) is 0 Å². The molecule has 0 aliphatic carbocycles. The molecule has 3 N–H and O–H groups in total. The number of amides is 3. The summed E-state index contributed by atoms with van der Waals surface area (Å²) in [7, 11) is 0. The zero-order chi connectivity index (χ0) is 25.9. The Morgan fingerprint density at radius 1 is 0.750 bits per heavy atom. The molecule has 0 atom stereocenters. The molecule has 0 fully saturated rings. The van der Waals surface area contributed by atoms with Crippen molar-refractivity contribution in [2.45, 2.75) is 26.2 Å². The summed E-state index contributed by atoms with van der Waals surface area (Å²) in [4.78, 5) is 47.7. The van der Waals surface area contributed by atoms with E-state index in [9.17, 15) is 19.2 Å². The molecule has 36 heavy (non-hydrogen) atoms. The average molecular weight is 488 g/mol. The van der Waals surface area contributed by atoms with Crippen molar-refractivity contribution in [3.05, 3.63) is 95.6 Å². The Morgan fingerprint density at radius 3 is 1.72 bits per heavy atom. The maximum Gasteiger partial charge on any atom is 0.338 e. The van der Waals surface area contributed by atoms with E-state index >= 15 is 0 Å². The zero-order valence-corrected chi connectivity index (χ0v) is 20.2. The number of esters is 1. The summed E-state index contributed by atoms with van der Waals surface area (Å²) in [6, 6.07) is 24.5. The van der Waals surface area contributed by atoms with E-state index < -0.39 is 18.5 Å². The van der Waals surface area contributed by atoms with Crippen LogP contribution in [0.3, 0.4) is 0 Å².